The van der Waals surface area contributed by atoms with Crippen LogP contribution in [0.5, 0.6) is 0 Å². The Labute approximate surface area is 166 Å². The van der Waals surface area contributed by atoms with Gasteiger partial charge in [-0.2, -0.15) is 0 Å². The van der Waals surface area contributed by atoms with Crippen LogP contribution in [0, 0.1) is 0 Å². The summed E-state index contributed by atoms with van der Waals surface area (Å²) in [6.45, 7) is 5.64. The number of hydrogen-bond donors (Lipinski definition) is 1. The predicted molar refractivity (Wildman–Crippen MR) is 112 cm³/mol. The van der Waals surface area contributed by atoms with Crippen molar-refractivity contribution >= 4 is 17.3 Å². The first-order valence-electron chi connectivity index (χ1n) is 9.89. The zero-order valence-electron chi connectivity index (χ0n) is 15.7. The third-order valence-corrected chi connectivity index (χ3v) is 6.05. The predicted octanol–water partition coefficient (Wildman–Crippen LogP) is 3.64. The van der Waals surface area contributed by atoms with E-state index in [0.717, 1.165) is 37.8 Å². The van der Waals surface area contributed by atoms with E-state index in [2.05, 4.69) is 46.2 Å². The number of nitrogens with two attached hydrogens (primary N) is 1. The van der Waals surface area contributed by atoms with Gasteiger partial charge in [0.2, 0.25) is 0 Å². The van der Waals surface area contributed by atoms with E-state index >= 15 is 0 Å². The normalized spacial score (nSPS) is 22.1. The molecular formula is C22H28ClN3O. The molecule has 2 fully saturated rings. The summed E-state index contributed by atoms with van der Waals surface area (Å²) >= 11 is 6.02. The molecule has 1 atom stereocenters. The molecule has 4 nitrogen and oxygen atoms in total. The maximum Gasteiger partial charge on any atom is 0.0824 e. The molecule has 0 spiro atoms. The van der Waals surface area contributed by atoms with Gasteiger partial charge in [-0.1, -0.05) is 35.9 Å². The van der Waals surface area contributed by atoms with E-state index < -0.39 is 0 Å². The van der Waals surface area contributed by atoms with E-state index in [0.29, 0.717) is 12.6 Å². The highest BCUT2D eigenvalue weighted by Crippen LogP contribution is 2.28. The smallest absolute Gasteiger partial charge is 0.0824 e. The Balaban J connectivity index is 1.39. The zero-order valence-corrected chi connectivity index (χ0v) is 16.4. The first-order chi connectivity index (χ1) is 13.2. The maximum atomic E-state index is 6.02. The molecule has 2 aliphatic heterocycles. The summed E-state index contributed by atoms with van der Waals surface area (Å²) < 4.78 is 5.72. The highest BCUT2D eigenvalue weighted by atomic mass is 35.5. The van der Waals surface area contributed by atoms with Crippen molar-refractivity contribution in [2.24, 2.45) is 5.73 Å². The van der Waals surface area contributed by atoms with E-state index in [4.69, 9.17) is 22.1 Å². The van der Waals surface area contributed by atoms with Gasteiger partial charge in [0.05, 0.1) is 12.7 Å². The van der Waals surface area contributed by atoms with Gasteiger partial charge in [-0.25, -0.2) is 0 Å². The van der Waals surface area contributed by atoms with E-state index in [1.807, 2.05) is 12.1 Å². The molecule has 5 heteroatoms. The number of ether oxygens (including phenoxy) is 1. The van der Waals surface area contributed by atoms with Crippen LogP contribution in [0.2, 0.25) is 5.02 Å². The van der Waals surface area contributed by atoms with Crippen LogP contribution >= 0.6 is 11.6 Å². The minimum Gasteiger partial charge on any atom is -0.374 e. The molecule has 2 saturated heterocycles. The van der Waals surface area contributed by atoms with Crippen LogP contribution in [-0.2, 0) is 4.74 Å². The molecule has 2 aromatic rings. The van der Waals surface area contributed by atoms with E-state index in [9.17, 15) is 0 Å². The molecule has 0 saturated carbocycles. The molecule has 0 radical (unpaired) electrons. The van der Waals surface area contributed by atoms with Crippen LogP contribution in [0.3, 0.4) is 0 Å². The lowest BCUT2D eigenvalue weighted by Crippen LogP contribution is -2.53. The summed E-state index contributed by atoms with van der Waals surface area (Å²) in [6, 6.07) is 17.6. The molecule has 0 unspecified atom stereocenters. The standard InChI is InChI=1S/C22H28ClN3O/c23-19-6-4-17(5-7-19)18-2-1-3-21(14-18)25-10-8-20(9-11-25)26-12-13-27-22(15-24)16-26/h1-7,14,20,22H,8-13,15-16,24H2/t22-/m0/s1. The van der Waals surface area contributed by atoms with Crippen LogP contribution in [-0.4, -0.2) is 56.4 Å². The van der Waals surface area contributed by atoms with E-state index in [1.165, 1.54) is 29.7 Å². The average Bonchev–Trinajstić information content (AvgIpc) is 2.74. The Kier molecular flexibility index (Phi) is 5.98. The van der Waals surface area contributed by atoms with Crippen LogP contribution in [0.25, 0.3) is 11.1 Å². The summed E-state index contributed by atoms with van der Waals surface area (Å²) in [5.74, 6) is 0. The number of rotatable bonds is 4. The number of hydrogen-bond acceptors (Lipinski definition) is 4. The highest BCUT2D eigenvalue weighted by molar-refractivity contribution is 6.30. The van der Waals surface area contributed by atoms with Crippen molar-refractivity contribution in [3.63, 3.8) is 0 Å². The molecule has 0 aromatic heterocycles. The van der Waals surface area contributed by atoms with Gasteiger partial charge < -0.3 is 15.4 Å². The zero-order chi connectivity index (χ0) is 18.6. The van der Waals surface area contributed by atoms with Gasteiger partial charge in [-0.05, 0) is 48.2 Å². The summed E-state index contributed by atoms with van der Waals surface area (Å²) in [6.07, 6.45) is 2.60. The molecule has 0 aliphatic carbocycles. The molecule has 2 aliphatic rings. The van der Waals surface area contributed by atoms with E-state index in [-0.39, 0.29) is 6.10 Å². The Morgan fingerprint density at radius 1 is 1.00 bits per heavy atom. The highest BCUT2D eigenvalue weighted by Gasteiger charge is 2.28. The first kappa shape index (κ1) is 18.8. The summed E-state index contributed by atoms with van der Waals surface area (Å²) in [4.78, 5) is 5.10. The topological polar surface area (TPSA) is 41.7 Å². The molecule has 27 heavy (non-hydrogen) atoms. The number of anilines is 1. The van der Waals surface area contributed by atoms with Crippen molar-refractivity contribution in [1.82, 2.24) is 4.90 Å². The quantitative estimate of drug-likeness (QED) is 0.872. The van der Waals surface area contributed by atoms with Gasteiger partial charge in [0, 0.05) is 49.5 Å². The largest absolute Gasteiger partial charge is 0.374 e. The molecule has 144 valence electrons. The second-order valence-electron chi connectivity index (χ2n) is 7.50. The number of halogens is 1. The number of morpholine rings is 1. The summed E-state index contributed by atoms with van der Waals surface area (Å²) in [5, 5.41) is 0.775. The minimum atomic E-state index is 0.202. The van der Waals surface area contributed by atoms with Gasteiger partial charge in [0.1, 0.15) is 0 Å². The molecule has 0 bridgehead atoms. The number of benzene rings is 2. The van der Waals surface area contributed by atoms with Gasteiger partial charge in [0.25, 0.3) is 0 Å². The van der Waals surface area contributed by atoms with Crippen LogP contribution in [0.1, 0.15) is 12.8 Å². The molecular weight excluding hydrogens is 358 g/mol. The van der Waals surface area contributed by atoms with E-state index in [1.54, 1.807) is 0 Å². The lowest BCUT2D eigenvalue weighted by atomic mass is 10.00. The fourth-order valence-corrected chi connectivity index (χ4v) is 4.36. The van der Waals surface area contributed by atoms with Gasteiger partial charge in [-0.3, -0.25) is 4.90 Å². The van der Waals surface area contributed by atoms with Crippen molar-refractivity contribution < 1.29 is 4.74 Å². The summed E-state index contributed by atoms with van der Waals surface area (Å²) in [7, 11) is 0. The molecule has 2 aromatic carbocycles. The van der Waals surface area contributed by atoms with Crippen molar-refractivity contribution in [2.45, 2.75) is 25.0 Å². The fourth-order valence-electron chi connectivity index (χ4n) is 4.23. The second kappa shape index (κ2) is 8.61. The Morgan fingerprint density at radius 3 is 2.52 bits per heavy atom. The van der Waals surface area contributed by atoms with Gasteiger partial charge >= 0.3 is 0 Å². The SMILES string of the molecule is NC[C@H]1CN(C2CCN(c3cccc(-c4ccc(Cl)cc4)c3)CC2)CCO1. The van der Waals surface area contributed by atoms with Gasteiger partial charge in [0.15, 0.2) is 0 Å². The second-order valence-corrected chi connectivity index (χ2v) is 7.94. The lowest BCUT2D eigenvalue weighted by Gasteiger charge is -2.42. The molecule has 2 heterocycles. The summed E-state index contributed by atoms with van der Waals surface area (Å²) in [5.41, 5.74) is 9.55. The first-order valence-corrected chi connectivity index (χ1v) is 10.3. The minimum absolute atomic E-state index is 0.202. The molecule has 0 amide bonds. The Morgan fingerprint density at radius 2 is 1.78 bits per heavy atom. The average molecular weight is 386 g/mol. The maximum absolute atomic E-state index is 6.02. The molecule has 2 N–H and O–H groups in total. The van der Waals surface area contributed by atoms with Crippen LogP contribution < -0.4 is 10.6 Å². The molecule has 4 rings (SSSR count). The Bertz CT molecular complexity index is 743. The van der Waals surface area contributed by atoms with Crippen molar-refractivity contribution in [2.75, 3.05) is 44.2 Å². The number of piperidine rings is 1. The van der Waals surface area contributed by atoms with Gasteiger partial charge in [-0.15, -0.1) is 0 Å². The number of nitrogens with zero attached hydrogens (tertiary/aromatic N) is 2. The third kappa shape index (κ3) is 4.46. The Hall–Kier alpha value is -1.59. The monoisotopic (exact) mass is 385 g/mol. The third-order valence-electron chi connectivity index (χ3n) is 5.80. The van der Waals surface area contributed by atoms with Crippen LogP contribution in [0.4, 0.5) is 5.69 Å². The van der Waals surface area contributed by atoms with Crippen molar-refractivity contribution in [1.29, 1.82) is 0 Å². The fraction of sp³-hybridized carbons (Fsp3) is 0.455. The lowest BCUT2D eigenvalue weighted by molar-refractivity contribution is -0.0416. The van der Waals surface area contributed by atoms with Crippen molar-refractivity contribution in [3.05, 3.63) is 53.6 Å². The van der Waals surface area contributed by atoms with Crippen LogP contribution in [0.15, 0.2) is 48.5 Å². The van der Waals surface area contributed by atoms with Crippen molar-refractivity contribution in [3.8, 4) is 11.1 Å².